The van der Waals surface area contributed by atoms with Crippen molar-refractivity contribution in [1.29, 1.82) is 0 Å². The first-order valence-corrected chi connectivity index (χ1v) is 3.40. The summed E-state index contributed by atoms with van der Waals surface area (Å²) in [6.07, 6.45) is -3.91. The number of alkyl halides is 3. The van der Waals surface area contributed by atoms with Gasteiger partial charge < -0.3 is 5.11 Å². The Balaban J connectivity index is 4.75. The monoisotopic (exact) mass is 183 g/mol. The topological polar surface area (TPSA) is 37.3 Å². The first-order chi connectivity index (χ1) is 5.25. The number of halogens is 3. The number of carboxylic acid groups (broad SMARTS) is 1. The van der Waals surface area contributed by atoms with E-state index in [1.165, 1.54) is 6.92 Å². The molecular weight excluding hydrogens is 173 g/mol. The second-order valence-corrected chi connectivity index (χ2v) is 2.62. The summed E-state index contributed by atoms with van der Waals surface area (Å²) in [5.74, 6) is -1.86. The third kappa shape index (κ3) is 1.84. The molecule has 0 bridgehead atoms. The van der Waals surface area contributed by atoms with Crippen molar-refractivity contribution < 1.29 is 23.1 Å². The van der Waals surface area contributed by atoms with Crippen LogP contribution in [-0.4, -0.2) is 17.3 Å². The van der Waals surface area contributed by atoms with Crippen LogP contribution < -0.4 is 0 Å². The lowest BCUT2D eigenvalue weighted by atomic mass is 9.85. The Morgan fingerprint density at radius 2 is 1.92 bits per heavy atom. The smallest absolute Gasteiger partial charge is 0.445 e. The Hall–Kier alpha value is -0.870. The van der Waals surface area contributed by atoms with Crippen molar-refractivity contribution in [3.05, 3.63) is 6.42 Å². The van der Waals surface area contributed by atoms with Crippen LogP contribution in [-0.2, 0) is 4.79 Å². The fraction of sp³-hybridized carbons (Fsp3) is 0.714. The molecule has 0 heterocycles. The second kappa shape index (κ2) is 3.25. The van der Waals surface area contributed by atoms with E-state index in [1.807, 2.05) is 0 Å². The van der Waals surface area contributed by atoms with Gasteiger partial charge in [-0.25, -0.2) is 4.79 Å². The van der Waals surface area contributed by atoms with Crippen LogP contribution in [0.5, 0.6) is 0 Å². The van der Waals surface area contributed by atoms with Gasteiger partial charge in [-0.1, -0.05) is 0 Å². The molecule has 2 nitrogen and oxygen atoms in total. The van der Waals surface area contributed by atoms with Crippen LogP contribution in [0.25, 0.3) is 0 Å². The lowest BCUT2D eigenvalue weighted by molar-refractivity contribution is -0.217. The lowest BCUT2D eigenvalue weighted by Crippen LogP contribution is -2.42. The number of hydrogen-bond acceptors (Lipinski definition) is 1. The van der Waals surface area contributed by atoms with Crippen LogP contribution in [0.3, 0.4) is 0 Å². The van der Waals surface area contributed by atoms with Crippen LogP contribution in [0.1, 0.15) is 20.3 Å². The molecule has 0 aromatic heterocycles. The van der Waals surface area contributed by atoms with Gasteiger partial charge in [-0.2, -0.15) is 13.2 Å². The van der Waals surface area contributed by atoms with Crippen molar-refractivity contribution in [2.75, 3.05) is 0 Å². The number of rotatable bonds is 3. The van der Waals surface area contributed by atoms with Crippen molar-refractivity contribution in [2.45, 2.75) is 26.4 Å². The summed E-state index contributed by atoms with van der Waals surface area (Å²) in [6.45, 7) is 2.12. The third-order valence-electron chi connectivity index (χ3n) is 1.65. The van der Waals surface area contributed by atoms with Gasteiger partial charge in [0.2, 0.25) is 0 Å². The maximum atomic E-state index is 12.1. The van der Waals surface area contributed by atoms with E-state index in [0.29, 0.717) is 6.92 Å². The van der Waals surface area contributed by atoms with Crippen LogP contribution in [0.15, 0.2) is 0 Å². The average molecular weight is 183 g/mol. The van der Waals surface area contributed by atoms with Crippen LogP contribution >= 0.6 is 0 Å². The lowest BCUT2D eigenvalue weighted by Gasteiger charge is -2.19. The standard InChI is InChI=1S/C7H9F3O2/c1-3-4-6(2,5(11)12)7(8,9)10/h4H,3H2,1-2H3/p+1. The zero-order valence-electron chi connectivity index (χ0n) is 6.77. The van der Waals surface area contributed by atoms with Gasteiger partial charge in [0, 0.05) is 6.92 Å². The minimum Gasteiger partial charge on any atom is -0.477 e. The second-order valence-electron chi connectivity index (χ2n) is 2.62. The van der Waals surface area contributed by atoms with Gasteiger partial charge >= 0.3 is 12.1 Å². The van der Waals surface area contributed by atoms with Crippen molar-refractivity contribution in [3.8, 4) is 0 Å². The molecule has 0 aromatic rings. The third-order valence-corrected chi connectivity index (χ3v) is 1.65. The Morgan fingerprint density at radius 3 is 2.00 bits per heavy atom. The Bertz CT molecular complexity index is 176. The highest BCUT2D eigenvalue weighted by atomic mass is 19.4. The molecule has 0 aromatic carbocycles. The zero-order chi connectivity index (χ0) is 9.99. The maximum Gasteiger partial charge on any atom is 0.445 e. The molecule has 0 radical (unpaired) electrons. The summed E-state index contributed by atoms with van der Waals surface area (Å²) in [4.78, 5) is 10.3. The summed E-state index contributed by atoms with van der Waals surface area (Å²) in [5, 5.41) is 8.35. The van der Waals surface area contributed by atoms with Gasteiger partial charge in [0.25, 0.3) is 5.41 Å². The maximum absolute atomic E-state index is 12.1. The highest BCUT2D eigenvalue weighted by Gasteiger charge is 2.63. The first kappa shape index (κ1) is 11.1. The van der Waals surface area contributed by atoms with E-state index in [1.54, 1.807) is 0 Å². The summed E-state index contributed by atoms with van der Waals surface area (Å²) >= 11 is 0. The summed E-state index contributed by atoms with van der Waals surface area (Å²) in [5.41, 5.74) is -2.72. The predicted octanol–water partition coefficient (Wildman–Crippen LogP) is 2.25. The van der Waals surface area contributed by atoms with Crippen LogP contribution in [0.4, 0.5) is 13.2 Å². The minimum atomic E-state index is -4.73. The van der Waals surface area contributed by atoms with Gasteiger partial charge in [-0.15, -0.1) is 0 Å². The number of hydrogen-bond donors (Lipinski definition) is 1. The average Bonchev–Trinajstić information content (AvgIpc) is 1.85. The zero-order valence-corrected chi connectivity index (χ0v) is 6.77. The van der Waals surface area contributed by atoms with Gasteiger partial charge in [-0.3, -0.25) is 0 Å². The van der Waals surface area contributed by atoms with Crippen LogP contribution in [0.2, 0.25) is 0 Å². The molecule has 0 aliphatic carbocycles. The fourth-order valence-electron chi connectivity index (χ4n) is 0.733. The first-order valence-electron chi connectivity index (χ1n) is 3.40. The number of carboxylic acids is 1. The van der Waals surface area contributed by atoms with E-state index in [9.17, 15) is 18.0 Å². The molecule has 0 spiro atoms. The summed E-state index contributed by atoms with van der Waals surface area (Å²) < 4.78 is 36.4. The SMILES string of the molecule is CC[CH+]C(C)(C(=O)O)C(F)(F)F. The minimum absolute atomic E-state index is 0.0717. The van der Waals surface area contributed by atoms with E-state index in [-0.39, 0.29) is 6.42 Å². The number of carbonyl (C=O) groups is 1. The Morgan fingerprint density at radius 1 is 1.50 bits per heavy atom. The molecule has 0 saturated carbocycles. The highest BCUT2D eigenvalue weighted by molar-refractivity contribution is 5.76. The molecule has 12 heavy (non-hydrogen) atoms. The van der Waals surface area contributed by atoms with Crippen molar-refractivity contribution in [2.24, 2.45) is 5.41 Å². The molecule has 0 saturated heterocycles. The van der Waals surface area contributed by atoms with Gasteiger partial charge in [-0.05, 0) is 6.92 Å². The van der Waals surface area contributed by atoms with E-state index < -0.39 is 17.6 Å². The Kier molecular flexibility index (Phi) is 3.01. The van der Waals surface area contributed by atoms with Crippen molar-refractivity contribution >= 4 is 5.97 Å². The molecule has 0 amide bonds. The van der Waals surface area contributed by atoms with Crippen molar-refractivity contribution in [3.63, 3.8) is 0 Å². The molecular formula is C7H10F3O2+. The quantitative estimate of drug-likeness (QED) is 0.681. The summed E-state index contributed by atoms with van der Waals surface area (Å²) in [7, 11) is 0. The van der Waals surface area contributed by atoms with Gasteiger partial charge in [0.1, 0.15) is 6.42 Å². The van der Waals surface area contributed by atoms with E-state index in [4.69, 9.17) is 5.11 Å². The molecule has 0 rings (SSSR count). The van der Waals surface area contributed by atoms with E-state index in [2.05, 4.69) is 0 Å². The molecule has 0 aliphatic rings. The summed E-state index contributed by atoms with van der Waals surface area (Å²) in [6, 6.07) is 0. The molecule has 1 N–H and O–H groups in total. The van der Waals surface area contributed by atoms with E-state index >= 15 is 0 Å². The predicted molar refractivity (Wildman–Crippen MR) is 36.4 cm³/mol. The van der Waals surface area contributed by atoms with Gasteiger partial charge in [0.05, 0.1) is 6.42 Å². The van der Waals surface area contributed by atoms with Crippen molar-refractivity contribution in [1.82, 2.24) is 0 Å². The molecule has 0 fully saturated rings. The fourth-order valence-corrected chi connectivity index (χ4v) is 0.733. The Labute approximate surface area is 68.4 Å². The van der Waals surface area contributed by atoms with Gasteiger partial charge in [0.15, 0.2) is 0 Å². The molecule has 1 atom stereocenters. The van der Waals surface area contributed by atoms with E-state index in [0.717, 1.165) is 6.42 Å². The molecule has 70 valence electrons. The normalized spacial score (nSPS) is 16.8. The largest absolute Gasteiger partial charge is 0.477 e. The molecule has 0 aliphatic heterocycles. The number of aliphatic carboxylic acids is 1. The highest BCUT2D eigenvalue weighted by Crippen LogP contribution is 2.41. The molecule has 1 unspecified atom stereocenters. The molecule has 5 heteroatoms. The van der Waals surface area contributed by atoms with Crippen LogP contribution in [0, 0.1) is 11.8 Å².